The quantitative estimate of drug-likeness (QED) is 0.418. The first-order chi connectivity index (χ1) is 13.3. The van der Waals surface area contributed by atoms with Gasteiger partial charge in [0.2, 0.25) is 6.79 Å². The van der Waals surface area contributed by atoms with E-state index in [9.17, 15) is 13.2 Å². The highest BCUT2D eigenvalue weighted by atomic mass is 35.5. The van der Waals surface area contributed by atoms with Crippen molar-refractivity contribution in [2.75, 3.05) is 11.5 Å². The van der Waals surface area contributed by atoms with Crippen LogP contribution in [0.3, 0.4) is 0 Å². The predicted molar refractivity (Wildman–Crippen MR) is 101 cm³/mol. The van der Waals surface area contributed by atoms with Crippen LogP contribution in [0.5, 0.6) is 11.5 Å². The lowest BCUT2D eigenvalue weighted by molar-refractivity contribution is -0.137. The Hall–Kier alpha value is -2.96. The van der Waals surface area contributed by atoms with Gasteiger partial charge in [-0.05, 0) is 36.6 Å². The number of unbranched alkanes of at least 4 members (excludes halogenated alkanes) is 1. The van der Waals surface area contributed by atoms with Gasteiger partial charge in [0.15, 0.2) is 11.5 Å². The third-order valence-corrected chi connectivity index (χ3v) is 5.23. The number of nitrogens with one attached hydrogen (secondary N) is 1. The molecule has 0 bridgehead atoms. The Bertz CT molecular complexity index is 1080. The van der Waals surface area contributed by atoms with Crippen molar-refractivity contribution in [1.29, 1.82) is 0 Å². The van der Waals surface area contributed by atoms with E-state index in [4.69, 9.17) is 26.2 Å². The van der Waals surface area contributed by atoms with Crippen LogP contribution in [-0.4, -0.2) is 31.3 Å². The number of rotatable bonds is 6. The fourth-order valence-corrected chi connectivity index (χ4v) is 3.56. The average Bonchev–Trinajstić information content (AvgIpc) is 3.11. The molecule has 10 heteroatoms. The fourth-order valence-electron chi connectivity index (χ4n) is 2.33. The average molecular weight is 423 g/mol. The van der Waals surface area contributed by atoms with Crippen LogP contribution in [0.1, 0.15) is 25.0 Å². The van der Waals surface area contributed by atoms with E-state index in [2.05, 4.69) is 21.5 Å². The Kier molecular flexibility index (Phi) is 5.92. The van der Waals surface area contributed by atoms with Gasteiger partial charge in [0.25, 0.3) is 10.0 Å². The molecule has 0 fully saturated rings. The topological polar surface area (TPSA) is 115 Å². The van der Waals surface area contributed by atoms with Crippen molar-refractivity contribution >= 4 is 33.3 Å². The van der Waals surface area contributed by atoms with Crippen LogP contribution in [0.15, 0.2) is 35.2 Å². The maximum Gasteiger partial charge on any atom is 0.303 e. The van der Waals surface area contributed by atoms with Crippen molar-refractivity contribution in [2.45, 2.75) is 24.2 Å². The molecule has 0 atom stereocenters. The van der Waals surface area contributed by atoms with E-state index in [1.54, 1.807) is 0 Å². The molecule has 8 nitrogen and oxygen atoms in total. The maximum atomic E-state index is 12.7. The summed E-state index contributed by atoms with van der Waals surface area (Å²) in [6.07, 6.45) is 0.706. The fraction of sp³-hybridized carbons (Fsp3) is 0.222. The van der Waals surface area contributed by atoms with Crippen molar-refractivity contribution in [3.63, 3.8) is 0 Å². The third-order valence-electron chi connectivity index (χ3n) is 3.66. The first-order valence-corrected chi connectivity index (χ1v) is 10.0. The molecule has 0 aliphatic carbocycles. The Morgan fingerprint density at radius 1 is 1.25 bits per heavy atom. The van der Waals surface area contributed by atoms with Crippen molar-refractivity contribution in [2.24, 2.45) is 0 Å². The summed E-state index contributed by atoms with van der Waals surface area (Å²) in [4.78, 5) is 14.6. The minimum absolute atomic E-state index is 0.00124. The lowest BCUT2D eigenvalue weighted by atomic mass is 10.2. The van der Waals surface area contributed by atoms with E-state index < -0.39 is 16.0 Å². The molecule has 0 radical (unpaired) electrons. The molecular formula is C18H15ClN2O6S. The molecule has 146 valence electrons. The number of hydrogen-bond acceptors (Lipinski definition) is 6. The number of nitrogens with zero attached hydrogens (tertiary/aromatic N) is 1. The normalized spacial score (nSPS) is 12.2. The Morgan fingerprint density at radius 3 is 2.82 bits per heavy atom. The number of aromatic nitrogens is 1. The second kappa shape index (κ2) is 8.37. The number of sulfonamides is 1. The molecule has 3 rings (SSSR count). The molecule has 0 saturated heterocycles. The number of hydrogen-bond donors (Lipinski definition) is 2. The van der Waals surface area contributed by atoms with E-state index in [1.165, 1.54) is 30.3 Å². The Labute approximate surface area is 166 Å². The number of anilines is 1. The summed E-state index contributed by atoms with van der Waals surface area (Å²) in [6.45, 7) is 0.0367. The highest BCUT2D eigenvalue weighted by molar-refractivity contribution is 7.92. The SMILES string of the molecule is O=C(O)CCCC#Cc1nc(Cl)ccc1NS(=O)(=O)c1ccc2c(c1)OCO2. The molecule has 1 aliphatic heterocycles. The van der Waals surface area contributed by atoms with Crippen molar-refractivity contribution < 1.29 is 27.8 Å². The molecule has 1 aromatic heterocycles. The lowest BCUT2D eigenvalue weighted by Gasteiger charge is -2.10. The number of pyridine rings is 1. The molecule has 0 amide bonds. The smallest absolute Gasteiger partial charge is 0.303 e. The van der Waals surface area contributed by atoms with Gasteiger partial charge < -0.3 is 14.6 Å². The monoisotopic (exact) mass is 422 g/mol. The molecule has 0 unspecified atom stereocenters. The zero-order valence-corrected chi connectivity index (χ0v) is 16.0. The van der Waals surface area contributed by atoms with Crippen LogP contribution in [0.2, 0.25) is 5.15 Å². The molecule has 28 heavy (non-hydrogen) atoms. The first kappa shape index (κ1) is 19.8. The van der Waals surface area contributed by atoms with Gasteiger partial charge >= 0.3 is 5.97 Å². The summed E-state index contributed by atoms with van der Waals surface area (Å²) in [5, 5.41) is 8.79. The minimum Gasteiger partial charge on any atom is -0.481 e. The number of carboxylic acid groups (broad SMARTS) is 1. The van der Waals surface area contributed by atoms with E-state index in [1.807, 2.05) is 0 Å². The van der Waals surface area contributed by atoms with Crippen LogP contribution < -0.4 is 14.2 Å². The molecule has 1 aliphatic rings. The number of carbonyl (C=O) groups is 1. The summed E-state index contributed by atoms with van der Waals surface area (Å²) < 4.78 is 38.2. The van der Waals surface area contributed by atoms with Crippen molar-refractivity contribution in [1.82, 2.24) is 4.98 Å². The Balaban J connectivity index is 1.81. The van der Waals surface area contributed by atoms with E-state index in [-0.39, 0.29) is 34.6 Å². The van der Waals surface area contributed by atoms with Crippen molar-refractivity contribution in [3.8, 4) is 23.3 Å². The summed E-state index contributed by atoms with van der Waals surface area (Å²) in [5.74, 6) is 5.42. The summed E-state index contributed by atoms with van der Waals surface area (Å²) in [7, 11) is -3.93. The van der Waals surface area contributed by atoms with Crippen LogP contribution >= 0.6 is 11.6 Å². The Morgan fingerprint density at radius 2 is 2.04 bits per heavy atom. The third kappa shape index (κ3) is 4.85. The largest absolute Gasteiger partial charge is 0.481 e. The highest BCUT2D eigenvalue weighted by Gasteiger charge is 2.21. The van der Waals surface area contributed by atoms with Gasteiger partial charge in [-0.3, -0.25) is 9.52 Å². The number of fused-ring (bicyclic) bond motifs is 1. The number of aliphatic carboxylic acids is 1. The first-order valence-electron chi connectivity index (χ1n) is 8.15. The summed E-state index contributed by atoms with van der Waals surface area (Å²) in [5.41, 5.74) is 0.306. The zero-order valence-electron chi connectivity index (χ0n) is 14.4. The van der Waals surface area contributed by atoms with E-state index in [0.717, 1.165) is 0 Å². The maximum absolute atomic E-state index is 12.7. The van der Waals surface area contributed by atoms with Crippen molar-refractivity contribution in [3.05, 3.63) is 41.2 Å². The van der Waals surface area contributed by atoms with E-state index in [0.29, 0.717) is 24.3 Å². The number of ether oxygens (including phenoxy) is 2. The van der Waals surface area contributed by atoms with Crippen LogP contribution in [0.4, 0.5) is 5.69 Å². The highest BCUT2D eigenvalue weighted by Crippen LogP contribution is 2.34. The van der Waals surface area contributed by atoms with E-state index >= 15 is 0 Å². The van der Waals surface area contributed by atoms with Gasteiger partial charge in [-0.2, -0.15) is 0 Å². The van der Waals surface area contributed by atoms with Gasteiger partial charge in [0.05, 0.1) is 10.6 Å². The van der Waals surface area contributed by atoms with Gasteiger partial charge in [0.1, 0.15) is 10.8 Å². The second-order valence-electron chi connectivity index (χ2n) is 5.70. The number of benzene rings is 1. The standard InChI is InChI=1S/C18H15ClN2O6S/c19-17-9-7-14(13(20-17)4-2-1-3-5-18(22)23)21-28(24,25)12-6-8-15-16(10-12)27-11-26-15/h6-10,21H,1,3,5,11H2,(H,22,23). The number of halogens is 1. The summed E-state index contributed by atoms with van der Waals surface area (Å²) >= 11 is 5.89. The van der Waals surface area contributed by atoms with Gasteiger partial charge in [-0.15, -0.1) is 0 Å². The predicted octanol–water partition coefficient (Wildman–Crippen LogP) is 2.87. The molecule has 0 saturated carbocycles. The minimum atomic E-state index is -3.93. The molecule has 0 spiro atoms. The van der Waals surface area contributed by atoms with Crippen LogP contribution in [-0.2, 0) is 14.8 Å². The summed E-state index contributed by atoms with van der Waals surface area (Å²) in [6, 6.07) is 7.18. The van der Waals surface area contributed by atoms with Crippen LogP contribution in [0, 0.1) is 11.8 Å². The number of carboxylic acids is 1. The van der Waals surface area contributed by atoms with Gasteiger partial charge in [0, 0.05) is 18.9 Å². The second-order valence-corrected chi connectivity index (χ2v) is 7.77. The molecular weight excluding hydrogens is 408 g/mol. The van der Waals surface area contributed by atoms with Crippen LogP contribution in [0.25, 0.3) is 0 Å². The molecule has 2 aromatic rings. The van der Waals surface area contributed by atoms with Gasteiger partial charge in [-0.1, -0.05) is 17.5 Å². The molecule has 1 aromatic carbocycles. The zero-order chi connectivity index (χ0) is 20.1. The molecule has 2 N–H and O–H groups in total. The van der Waals surface area contributed by atoms with Gasteiger partial charge in [-0.25, -0.2) is 13.4 Å². The molecule has 2 heterocycles. The lowest BCUT2D eigenvalue weighted by Crippen LogP contribution is -2.14.